The van der Waals surface area contributed by atoms with E-state index in [-0.39, 0.29) is 18.4 Å². The van der Waals surface area contributed by atoms with Crippen LogP contribution >= 0.6 is 11.6 Å². The number of nitrogens with zero attached hydrogens (tertiary/aromatic N) is 6. The predicted octanol–water partition coefficient (Wildman–Crippen LogP) is 6.50. The molecule has 4 heterocycles. The van der Waals surface area contributed by atoms with Crippen LogP contribution in [0.3, 0.4) is 0 Å². The Morgan fingerprint density at radius 3 is 2.44 bits per heavy atom. The molecule has 0 bridgehead atoms. The summed E-state index contributed by atoms with van der Waals surface area (Å²) in [7, 11) is 0. The summed E-state index contributed by atoms with van der Waals surface area (Å²) >= 11 is 5.88. The molecule has 7 rings (SSSR count). The molecule has 5 aromatic rings. The fraction of sp³-hybridized carbons (Fsp3) is 0.297. The highest BCUT2D eigenvalue weighted by atomic mass is 35.5. The molecule has 3 aromatic carbocycles. The van der Waals surface area contributed by atoms with Crippen LogP contribution < -0.4 is 19.9 Å². The summed E-state index contributed by atoms with van der Waals surface area (Å²) in [5.41, 5.74) is 3.03. The van der Waals surface area contributed by atoms with Gasteiger partial charge in [0.15, 0.2) is 0 Å². The van der Waals surface area contributed by atoms with Crippen LogP contribution in [0.15, 0.2) is 91.6 Å². The third-order valence-electron chi connectivity index (χ3n) is 9.26. The number of aromatic nitrogens is 4. The zero-order chi connectivity index (χ0) is 34.7. The quantitative estimate of drug-likeness (QED) is 0.177. The molecule has 50 heavy (non-hydrogen) atoms. The van der Waals surface area contributed by atoms with Crippen LogP contribution in [0.4, 0.5) is 26.0 Å². The van der Waals surface area contributed by atoms with Crippen molar-refractivity contribution in [2.75, 3.05) is 54.5 Å². The fourth-order valence-corrected chi connectivity index (χ4v) is 6.78. The highest BCUT2D eigenvalue weighted by Crippen LogP contribution is 2.42. The van der Waals surface area contributed by atoms with Gasteiger partial charge in [-0.15, -0.1) is 0 Å². The van der Waals surface area contributed by atoms with Gasteiger partial charge in [0, 0.05) is 66.9 Å². The zero-order valence-electron chi connectivity index (χ0n) is 27.4. The van der Waals surface area contributed by atoms with E-state index in [0.717, 1.165) is 54.9 Å². The van der Waals surface area contributed by atoms with Gasteiger partial charge >= 0.3 is 0 Å². The number of amides is 1. The Morgan fingerprint density at radius 2 is 1.76 bits per heavy atom. The number of piperazine rings is 1. The van der Waals surface area contributed by atoms with Gasteiger partial charge in [-0.05, 0) is 79.6 Å². The van der Waals surface area contributed by atoms with Gasteiger partial charge < -0.3 is 24.6 Å². The first-order valence-corrected chi connectivity index (χ1v) is 16.8. The lowest BCUT2D eigenvalue weighted by molar-refractivity contribution is -0.0206. The number of carbonyl (C=O) groups is 1. The largest absolute Gasteiger partial charge is 0.493 e. The van der Waals surface area contributed by atoms with Crippen molar-refractivity contribution in [3.63, 3.8) is 0 Å². The second-order valence-corrected chi connectivity index (χ2v) is 13.1. The van der Waals surface area contributed by atoms with Gasteiger partial charge in [0.1, 0.15) is 41.5 Å². The lowest BCUT2D eigenvalue weighted by Crippen LogP contribution is -2.46. The Labute approximate surface area is 293 Å². The molecule has 10 nitrogen and oxygen atoms in total. The van der Waals surface area contributed by atoms with E-state index in [1.54, 1.807) is 23.1 Å². The maximum absolute atomic E-state index is 15.0. The summed E-state index contributed by atoms with van der Waals surface area (Å²) in [6.07, 6.45) is 4.95. The monoisotopic (exact) mass is 699 g/mol. The molecule has 1 amide bonds. The molecule has 2 aliphatic rings. The van der Waals surface area contributed by atoms with Crippen LogP contribution in [0.25, 0.3) is 0 Å². The van der Waals surface area contributed by atoms with Crippen LogP contribution in [-0.4, -0.2) is 65.0 Å². The van der Waals surface area contributed by atoms with Crippen LogP contribution in [0, 0.1) is 24.5 Å². The van der Waals surface area contributed by atoms with Crippen LogP contribution in [-0.2, 0) is 16.9 Å². The Balaban J connectivity index is 0.927. The molecule has 2 saturated heterocycles. The van der Waals surface area contributed by atoms with Crippen LogP contribution in [0.1, 0.15) is 27.9 Å². The number of hydrogen-bond acceptors (Lipinski definition) is 8. The summed E-state index contributed by atoms with van der Waals surface area (Å²) in [5, 5.41) is 7.49. The second kappa shape index (κ2) is 14.4. The maximum atomic E-state index is 15.0. The van der Waals surface area contributed by atoms with E-state index in [9.17, 15) is 13.6 Å². The minimum absolute atomic E-state index is 0.0148. The van der Waals surface area contributed by atoms with Crippen molar-refractivity contribution in [3.05, 3.63) is 125 Å². The Hall–Kier alpha value is -5.07. The molecule has 0 unspecified atom stereocenters. The minimum atomic E-state index is -1.02. The molecular formula is C37H36ClF2N7O3. The Kier molecular flexibility index (Phi) is 9.64. The van der Waals surface area contributed by atoms with Crippen molar-refractivity contribution in [2.24, 2.45) is 5.92 Å². The number of rotatable bonds is 10. The van der Waals surface area contributed by atoms with Crippen LogP contribution in [0.5, 0.6) is 5.75 Å². The summed E-state index contributed by atoms with van der Waals surface area (Å²) < 4.78 is 42.9. The predicted molar refractivity (Wildman–Crippen MR) is 187 cm³/mol. The van der Waals surface area contributed by atoms with Gasteiger partial charge in [-0.2, -0.15) is 5.10 Å². The molecule has 2 aromatic heterocycles. The Morgan fingerprint density at radius 1 is 1.00 bits per heavy atom. The lowest BCUT2D eigenvalue weighted by Gasteiger charge is -2.37. The molecule has 2 atom stereocenters. The number of hydrogen-bond donors (Lipinski definition) is 1. The lowest BCUT2D eigenvalue weighted by atomic mass is 9.87. The van der Waals surface area contributed by atoms with Crippen molar-refractivity contribution in [1.82, 2.24) is 19.7 Å². The van der Waals surface area contributed by atoms with Crippen molar-refractivity contribution in [2.45, 2.75) is 25.5 Å². The third kappa shape index (κ3) is 7.41. The number of aryl methyl sites for hydroxylation is 1. The highest BCUT2D eigenvalue weighted by molar-refractivity contribution is 6.30. The molecule has 258 valence electrons. The van der Waals surface area contributed by atoms with Crippen molar-refractivity contribution in [1.29, 1.82) is 0 Å². The van der Waals surface area contributed by atoms with Crippen molar-refractivity contribution in [3.8, 4) is 5.75 Å². The number of nitrogens with one attached hydrogen (secondary N) is 1. The van der Waals surface area contributed by atoms with Gasteiger partial charge in [0.05, 0.1) is 24.8 Å². The molecule has 1 N–H and O–H groups in total. The number of anilines is 3. The van der Waals surface area contributed by atoms with E-state index >= 15 is 0 Å². The normalized spacial score (nSPS) is 19.1. The fourth-order valence-electron chi connectivity index (χ4n) is 6.67. The maximum Gasteiger partial charge on any atom is 0.256 e. The van der Waals surface area contributed by atoms with E-state index in [1.165, 1.54) is 24.7 Å². The van der Waals surface area contributed by atoms with Crippen molar-refractivity contribution >= 4 is 34.7 Å². The SMILES string of the molecule is Cc1cc(N2CCN(c3ccc(C(=O)Nc4ccc(Cl)cn4)cc3)CC2)ccc1OC[C@@H]1CO[C@@](Cn2cncn2)(c2ccc(F)cc2F)C1. The summed E-state index contributed by atoms with van der Waals surface area (Å²) in [6.45, 7) is 6.40. The number of carbonyl (C=O) groups excluding carboxylic acids is 1. The highest BCUT2D eigenvalue weighted by Gasteiger charge is 2.44. The van der Waals surface area contributed by atoms with Crippen LogP contribution in [0.2, 0.25) is 5.02 Å². The smallest absolute Gasteiger partial charge is 0.256 e. The molecule has 0 saturated carbocycles. The molecule has 0 radical (unpaired) electrons. The van der Waals surface area contributed by atoms with Gasteiger partial charge in [-0.1, -0.05) is 17.7 Å². The molecule has 2 aliphatic heterocycles. The first kappa shape index (κ1) is 33.4. The van der Waals surface area contributed by atoms with Gasteiger partial charge in [-0.25, -0.2) is 23.4 Å². The number of ether oxygens (including phenoxy) is 2. The van der Waals surface area contributed by atoms with E-state index in [0.29, 0.717) is 41.6 Å². The van der Waals surface area contributed by atoms with E-state index in [1.807, 2.05) is 37.3 Å². The summed E-state index contributed by atoms with van der Waals surface area (Å²) in [5.74, 6) is -0.301. The average Bonchev–Trinajstić information content (AvgIpc) is 3.79. The Bertz CT molecular complexity index is 1940. The molecular weight excluding hydrogens is 664 g/mol. The number of benzene rings is 3. The van der Waals surface area contributed by atoms with Gasteiger partial charge in [0.25, 0.3) is 5.91 Å². The summed E-state index contributed by atoms with van der Waals surface area (Å²) in [6, 6.07) is 20.7. The first-order chi connectivity index (χ1) is 24.2. The molecule has 13 heteroatoms. The minimum Gasteiger partial charge on any atom is -0.493 e. The van der Waals surface area contributed by atoms with E-state index < -0.39 is 17.2 Å². The van der Waals surface area contributed by atoms with E-state index in [4.69, 9.17) is 21.1 Å². The molecule has 0 aliphatic carbocycles. The standard InChI is InChI=1S/C37H36ClF2N7O3/c1-25-16-31(46-14-12-45(13-15-46)30-6-2-27(3-7-30)36(48)44-35-11-4-28(38)19-42-35)8-10-34(25)49-20-26-18-37(50-21-26,22-47-24-41-23-43-47)32-9-5-29(39)17-33(32)40/h2-11,16-17,19,23-24,26H,12-15,18,20-22H2,1H3,(H,42,44,48)/t26-,37+/m1/s1. The number of halogens is 3. The summed E-state index contributed by atoms with van der Waals surface area (Å²) in [4.78, 5) is 25.4. The van der Waals surface area contributed by atoms with E-state index in [2.05, 4.69) is 42.3 Å². The van der Waals surface area contributed by atoms with Gasteiger partial charge in [-0.3, -0.25) is 4.79 Å². The topological polar surface area (TPSA) is 97.6 Å². The molecule has 2 fully saturated rings. The molecule has 0 spiro atoms. The van der Waals surface area contributed by atoms with Gasteiger partial charge in [0.2, 0.25) is 0 Å². The third-order valence-corrected chi connectivity index (χ3v) is 9.48. The zero-order valence-corrected chi connectivity index (χ0v) is 28.2. The average molecular weight is 700 g/mol. The first-order valence-electron chi connectivity index (χ1n) is 16.4. The van der Waals surface area contributed by atoms with Crippen molar-refractivity contribution < 1.29 is 23.0 Å². The number of pyridine rings is 1. The second-order valence-electron chi connectivity index (χ2n) is 12.7.